The van der Waals surface area contributed by atoms with Crippen molar-refractivity contribution in [2.24, 2.45) is 0 Å². The van der Waals surface area contributed by atoms with Crippen molar-refractivity contribution in [2.75, 3.05) is 0 Å². The topological polar surface area (TPSA) is 41.6 Å². The molecule has 10 heavy (non-hydrogen) atoms. The standard InChI is InChI=1S/C6H5N3.Pb.2H/c1-2-5-4-8-9-6(5)7-3-1;;;/h1-4H,(H,7,8,9);;;. The van der Waals surface area contributed by atoms with E-state index in [4.69, 9.17) is 0 Å². The molecular weight excluding hydrogens is 321 g/mol. The summed E-state index contributed by atoms with van der Waals surface area (Å²) in [7, 11) is 0. The Kier molecular flexibility index (Phi) is 2.36. The minimum Gasteiger partial charge on any atom is -0.283 e. The van der Waals surface area contributed by atoms with E-state index in [0.29, 0.717) is 0 Å². The molecule has 0 aliphatic rings. The van der Waals surface area contributed by atoms with Crippen LogP contribution in [-0.4, -0.2) is 42.5 Å². The Morgan fingerprint density at radius 2 is 2.30 bits per heavy atom. The molecule has 0 aliphatic heterocycles. The fourth-order valence-electron chi connectivity index (χ4n) is 0.778. The normalized spacial score (nSPS) is 9.20. The van der Waals surface area contributed by atoms with E-state index in [0.717, 1.165) is 11.0 Å². The Morgan fingerprint density at radius 3 is 3.10 bits per heavy atom. The minimum absolute atomic E-state index is 0. The number of aromatic nitrogens is 3. The number of aromatic amines is 1. The number of nitrogens with one attached hydrogen (secondary N) is 1. The van der Waals surface area contributed by atoms with Crippen LogP contribution in [0.1, 0.15) is 0 Å². The van der Waals surface area contributed by atoms with E-state index in [9.17, 15) is 0 Å². The maximum Gasteiger partial charge on any atom is 0.180 e. The molecule has 0 atom stereocenters. The molecule has 2 aromatic heterocycles. The molecule has 0 saturated heterocycles. The SMILES string of the molecule is [PbH2].c1cnc2n[nH]cc2c1. The second kappa shape index (κ2) is 3.09. The molecule has 0 unspecified atom stereocenters. The summed E-state index contributed by atoms with van der Waals surface area (Å²) < 4.78 is 0. The zero-order chi connectivity index (χ0) is 6.10. The third-order valence-electron chi connectivity index (χ3n) is 1.21. The van der Waals surface area contributed by atoms with Gasteiger partial charge in [-0.05, 0) is 12.1 Å². The number of hydrogen-bond donors (Lipinski definition) is 1. The first kappa shape index (κ1) is 7.65. The van der Waals surface area contributed by atoms with Gasteiger partial charge in [-0.2, -0.15) is 5.10 Å². The predicted molar refractivity (Wildman–Crippen MR) is 42.4 cm³/mol. The summed E-state index contributed by atoms with van der Waals surface area (Å²) in [6, 6.07) is 3.85. The maximum atomic E-state index is 4.00. The average molecular weight is 328 g/mol. The zero-order valence-electron chi connectivity index (χ0n) is 5.41. The number of hydrogen-bond acceptors (Lipinski definition) is 2. The van der Waals surface area contributed by atoms with Gasteiger partial charge in [0.2, 0.25) is 0 Å². The van der Waals surface area contributed by atoms with E-state index in [2.05, 4.69) is 15.2 Å². The van der Waals surface area contributed by atoms with Crippen molar-refractivity contribution < 1.29 is 0 Å². The van der Waals surface area contributed by atoms with Gasteiger partial charge in [0.1, 0.15) is 0 Å². The van der Waals surface area contributed by atoms with Crippen LogP contribution in [0.15, 0.2) is 24.5 Å². The smallest absolute Gasteiger partial charge is 0.180 e. The zero-order valence-corrected chi connectivity index (χ0v) is 10.9. The molecule has 4 heteroatoms. The fourth-order valence-corrected chi connectivity index (χ4v) is 0.778. The van der Waals surface area contributed by atoms with Crippen molar-refractivity contribution in [3.05, 3.63) is 24.5 Å². The number of fused-ring (bicyclic) bond motifs is 1. The molecule has 1 N–H and O–H groups in total. The van der Waals surface area contributed by atoms with Crippen molar-refractivity contribution in [3.8, 4) is 0 Å². The van der Waals surface area contributed by atoms with Crippen LogP contribution in [0.5, 0.6) is 0 Å². The molecule has 0 amide bonds. The molecule has 0 saturated carbocycles. The Bertz CT molecular complexity index is 287. The van der Waals surface area contributed by atoms with Crippen molar-refractivity contribution >= 4 is 38.3 Å². The van der Waals surface area contributed by atoms with Crippen LogP contribution in [0.4, 0.5) is 0 Å². The Labute approximate surface area is 78.0 Å². The van der Waals surface area contributed by atoms with Gasteiger partial charge in [0, 0.05) is 17.8 Å². The molecule has 50 valence electrons. The third kappa shape index (κ3) is 1.18. The molecule has 0 spiro atoms. The van der Waals surface area contributed by atoms with Gasteiger partial charge in [0.05, 0.1) is 0 Å². The van der Waals surface area contributed by atoms with Gasteiger partial charge < -0.3 is 0 Å². The number of H-pyrrole nitrogens is 1. The first-order valence-electron chi connectivity index (χ1n) is 2.71. The van der Waals surface area contributed by atoms with Crippen LogP contribution in [0, 0.1) is 0 Å². The Balaban J connectivity index is 0.000000500. The second-order valence-corrected chi connectivity index (χ2v) is 1.80. The van der Waals surface area contributed by atoms with Crippen molar-refractivity contribution in [1.29, 1.82) is 0 Å². The summed E-state index contributed by atoms with van der Waals surface area (Å²) in [5.41, 5.74) is 0.775. The van der Waals surface area contributed by atoms with E-state index in [1.807, 2.05) is 18.3 Å². The van der Waals surface area contributed by atoms with Crippen LogP contribution in [0.2, 0.25) is 0 Å². The monoisotopic (exact) mass is 329 g/mol. The summed E-state index contributed by atoms with van der Waals surface area (Å²) in [6.07, 6.45) is 3.55. The van der Waals surface area contributed by atoms with Crippen molar-refractivity contribution in [1.82, 2.24) is 15.2 Å². The van der Waals surface area contributed by atoms with E-state index in [1.165, 1.54) is 0 Å². The molecule has 0 aromatic carbocycles. The van der Waals surface area contributed by atoms with Gasteiger partial charge in [-0.15, -0.1) is 0 Å². The average Bonchev–Trinajstić information content (AvgIpc) is 2.33. The third-order valence-corrected chi connectivity index (χ3v) is 1.21. The maximum absolute atomic E-state index is 4.00. The Hall–Kier alpha value is -0.458. The first-order chi connectivity index (χ1) is 4.47. The summed E-state index contributed by atoms with van der Waals surface area (Å²) in [6.45, 7) is 0. The molecule has 0 fully saturated rings. The van der Waals surface area contributed by atoms with Gasteiger partial charge in [-0.1, -0.05) is 0 Å². The molecule has 2 rings (SSSR count). The fraction of sp³-hybridized carbons (Fsp3) is 0. The summed E-state index contributed by atoms with van der Waals surface area (Å²) in [5.74, 6) is 0. The van der Waals surface area contributed by atoms with Crippen LogP contribution >= 0.6 is 0 Å². The van der Waals surface area contributed by atoms with Crippen molar-refractivity contribution in [3.63, 3.8) is 0 Å². The number of rotatable bonds is 0. The van der Waals surface area contributed by atoms with Gasteiger partial charge in [0.25, 0.3) is 0 Å². The van der Waals surface area contributed by atoms with Crippen LogP contribution in [-0.2, 0) is 0 Å². The molecule has 0 bridgehead atoms. The predicted octanol–water partition coefficient (Wildman–Crippen LogP) is 0.0417. The van der Waals surface area contributed by atoms with Gasteiger partial charge in [0.15, 0.2) is 5.65 Å². The minimum atomic E-state index is 0. The van der Waals surface area contributed by atoms with E-state index in [1.54, 1.807) is 6.20 Å². The molecule has 2 radical (unpaired) electrons. The molecule has 3 nitrogen and oxygen atoms in total. The van der Waals surface area contributed by atoms with Gasteiger partial charge in [-0.3, -0.25) is 5.10 Å². The summed E-state index contributed by atoms with van der Waals surface area (Å²) in [5, 5.41) is 7.66. The molecular formula is C6H7N3Pb. The summed E-state index contributed by atoms with van der Waals surface area (Å²) in [4.78, 5) is 4.00. The first-order valence-corrected chi connectivity index (χ1v) is 2.71. The van der Waals surface area contributed by atoms with Crippen LogP contribution < -0.4 is 0 Å². The molecule has 0 aliphatic carbocycles. The molecule has 2 heterocycles. The van der Waals surface area contributed by atoms with Crippen molar-refractivity contribution in [2.45, 2.75) is 0 Å². The summed E-state index contributed by atoms with van der Waals surface area (Å²) >= 11 is 0. The quantitative estimate of drug-likeness (QED) is 0.694. The Morgan fingerprint density at radius 1 is 1.40 bits per heavy atom. The second-order valence-electron chi connectivity index (χ2n) is 1.80. The van der Waals surface area contributed by atoms with Gasteiger partial charge >= 0.3 is 27.3 Å². The number of nitrogens with zero attached hydrogens (tertiary/aromatic N) is 2. The van der Waals surface area contributed by atoms with E-state index >= 15 is 0 Å². The number of pyridine rings is 1. The van der Waals surface area contributed by atoms with Crippen LogP contribution in [0.3, 0.4) is 0 Å². The largest absolute Gasteiger partial charge is 0.283 e. The van der Waals surface area contributed by atoms with E-state index < -0.39 is 0 Å². The van der Waals surface area contributed by atoms with E-state index in [-0.39, 0.29) is 27.3 Å². The van der Waals surface area contributed by atoms with Crippen LogP contribution in [0.25, 0.3) is 11.0 Å². The van der Waals surface area contributed by atoms with Gasteiger partial charge in [-0.25, -0.2) is 4.98 Å². The molecule has 2 aromatic rings.